The summed E-state index contributed by atoms with van der Waals surface area (Å²) in [6.07, 6.45) is 1.71. The smallest absolute Gasteiger partial charge is 0.0899 e. The molecule has 0 fully saturated rings. The molecule has 7 heteroatoms. The lowest BCUT2D eigenvalue weighted by atomic mass is 10.1. The van der Waals surface area contributed by atoms with Gasteiger partial charge in [-0.25, -0.2) is 5.43 Å². The van der Waals surface area contributed by atoms with Crippen molar-refractivity contribution in [3.8, 4) is 0 Å². The van der Waals surface area contributed by atoms with Crippen molar-refractivity contribution < 1.29 is 9.47 Å². The summed E-state index contributed by atoms with van der Waals surface area (Å²) >= 11 is 3.49. The zero-order valence-corrected chi connectivity index (χ0v) is 12.6. The molecule has 2 atom stereocenters. The first-order chi connectivity index (χ1) is 8.65. The summed E-state index contributed by atoms with van der Waals surface area (Å²) in [5, 5.41) is 4.30. The van der Waals surface area contributed by atoms with E-state index in [9.17, 15) is 0 Å². The van der Waals surface area contributed by atoms with Crippen molar-refractivity contribution in [2.24, 2.45) is 5.84 Å². The number of ether oxygens (including phenoxy) is 2. The minimum Gasteiger partial charge on any atom is -0.383 e. The molecular weight excluding hydrogens is 300 g/mol. The lowest BCUT2D eigenvalue weighted by Gasteiger charge is -2.24. The molecule has 0 spiro atoms. The highest BCUT2D eigenvalue weighted by Crippen LogP contribution is 2.26. The van der Waals surface area contributed by atoms with Crippen LogP contribution in [0.4, 0.5) is 0 Å². The summed E-state index contributed by atoms with van der Waals surface area (Å²) in [4.78, 5) is 0. The standard InChI is InChI=1S/C11H21BrN4O2/c1-4-18-8(2)10(15-13)11-9(12)7-14-16(11)5-6-17-3/h7-8,10,15H,4-6,13H2,1-3H3. The molecule has 1 rings (SSSR count). The highest BCUT2D eigenvalue weighted by molar-refractivity contribution is 9.10. The number of hydrazine groups is 1. The van der Waals surface area contributed by atoms with Gasteiger partial charge >= 0.3 is 0 Å². The number of aromatic nitrogens is 2. The molecule has 0 aliphatic heterocycles. The highest BCUT2D eigenvalue weighted by atomic mass is 79.9. The van der Waals surface area contributed by atoms with E-state index < -0.39 is 0 Å². The lowest BCUT2D eigenvalue weighted by Crippen LogP contribution is -2.38. The summed E-state index contributed by atoms with van der Waals surface area (Å²) in [7, 11) is 1.67. The molecule has 1 aromatic rings. The zero-order valence-electron chi connectivity index (χ0n) is 11.0. The third-order valence-electron chi connectivity index (χ3n) is 2.71. The lowest BCUT2D eigenvalue weighted by molar-refractivity contribution is 0.0442. The molecular formula is C11H21BrN4O2. The van der Waals surface area contributed by atoms with Gasteiger partial charge in [0.05, 0.1) is 41.7 Å². The third-order valence-corrected chi connectivity index (χ3v) is 3.32. The predicted octanol–water partition coefficient (Wildman–Crippen LogP) is 1.22. The number of nitrogens with zero attached hydrogens (tertiary/aromatic N) is 2. The van der Waals surface area contributed by atoms with Crippen LogP contribution in [0.25, 0.3) is 0 Å². The fourth-order valence-electron chi connectivity index (χ4n) is 1.83. The molecule has 6 nitrogen and oxygen atoms in total. The molecule has 3 N–H and O–H groups in total. The van der Waals surface area contributed by atoms with E-state index in [1.807, 2.05) is 18.5 Å². The van der Waals surface area contributed by atoms with Gasteiger partial charge in [-0.1, -0.05) is 0 Å². The van der Waals surface area contributed by atoms with E-state index in [0.717, 1.165) is 10.2 Å². The van der Waals surface area contributed by atoms with E-state index in [2.05, 4.69) is 26.5 Å². The van der Waals surface area contributed by atoms with Gasteiger partial charge in [0.15, 0.2) is 0 Å². The van der Waals surface area contributed by atoms with E-state index >= 15 is 0 Å². The Morgan fingerprint density at radius 3 is 2.89 bits per heavy atom. The third kappa shape index (κ3) is 3.76. The van der Waals surface area contributed by atoms with Crippen molar-refractivity contribution in [3.05, 3.63) is 16.4 Å². The summed E-state index contributed by atoms with van der Waals surface area (Å²) in [5.74, 6) is 5.64. The maximum Gasteiger partial charge on any atom is 0.0899 e. The van der Waals surface area contributed by atoms with Gasteiger partial charge in [0, 0.05) is 13.7 Å². The molecule has 0 bridgehead atoms. The molecule has 2 unspecified atom stereocenters. The second-order valence-electron chi connectivity index (χ2n) is 3.90. The van der Waals surface area contributed by atoms with Gasteiger partial charge in [0.2, 0.25) is 0 Å². The highest BCUT2D eigenvalue weighted by Gasteiger charge is 2.24. The molecule has 0 aromatic carbocycles. The number of halogens is 1. The van der Waals surface area contributed by atoms with Crippen molar-refractivity contribution in [3.63, 3.8) is 0 Å². The molecule has 18 heavy (non-hydrogen) atoms. The number of nitrogens with two attached hydrogens (primary N) is 1. The van der Waals surface area contributed by atoms with Crippen LogP contribution >= 0.6 is 15.9 Å². The molecule has 0 saturated heterocycles. The summed E-state index contributed by atoms with van der Waals surface area (Å²) in [6.45, 7) is 5.86. The Kier molecular flexibility index (Phi) is 6.80. The second kappa shape index (κ2) is 7.85. The van der Waals surface area contributed by atoms with Gasteiger partial charge in [0.1, 0.15) is 0 Å². The summed E-state index contributed by atoms with van der Waals surface area (Å²) < 4.78 is 13.4. The van der Waals surface area contributed by atoms with Crippen LogP contribution in [-0.2, 0) is 16.0 Å². The van der Waals surface area contributed by atoms with E-state index in [4.69, 9.17) is 15.3 Å². The Hall–Kier alpha value is -0.470. The maximum atomic E-state index is 5.64. The Balaban J connectivity index is 2.92. The molecule has 0 aliphatic carbocycles. The zero-order chi connectivity index (χ0) is 13.5. The minimum absolute atomic E-state index is 0.0469. The number of hydrogen-bond acceptors (Lipinski definition) is 5. The summed E-state index contributed by atoms with van der Waals surface area (Å²) in [6, 6.07) is -0.126. The molecule has 0 aliphatic rings. The SMILES string of the molecule is CCOC(C)C(NN)c1c(Br)cnn1CCOC. The molecule has 1 aromatic heterocycles. The van der Waals surface area contributed by atoms with E-state index in [1.165, 1.54) is 0 Å². The van der Waals surface area contributed by atoms with Crippen LogP contribution in [0.1, 0.15) is 25.6 Å². The topological polar surface area (TPSA) is 74.3 Å². The van der Waals surface area contributed by atoms with Crippen LogP contribution in [-0.4, -0.2) is 36.2 Å². The molecule has 1 heterocycles. The summed E-state index contributed by atoms with van der Waals surface area (Å²) in [5.41, 5.74) is 3.76. The average Bonchev–Trinajstić information content (AvgIpc) is 2.70. The normalized spacial score (nSPS) is 14.7. The monoisotopic (exact) mass is 320 g/mol. The Bertz CT molecular complexity index is 359. The van der Waals surface area contributed by atoms with Crippen molar-refractivity contribution >= 4 is 15.9 Å². The second-order valence-corrected chi connectivity index (χ2v) is 4.75. The van der Waals surface area contributed by atoms with E-state index in [0.29, 0.717) is 19.8 Å². The quantitative estimate of drug-likeness (QED) is 0.556. The van der Waals surface area contributed by atoms with Crippen molar-refractivity contribution in [1.29, 1.82) is 0 Å². The Labute approximate surface area is 116 Å². The van der Waals surface area contributed by atoms with Crippen LogP contribution < -0.4 is 11.3 Å². The molecule has 104 valence electrons. The van der Waals surface area contributed by atoms with E-state index in [1.54, 1.807) is 13.3 Å². The van der Waals surface area contributed by atoms with Gasteiger partial charge in [-0.05, 0) is 29.8 Å². The molecule has 0 amide bonds. The Morgan fingerprint density at radius 1 is 1.61 bits per heavy atom. The number of nitrogens with one attached hydrogen (secondary N) is 1. The number of rotatable bonds is 8. The fraction of sp³-hybridized carbons (Fsp3) is 0.727. The van der Waals surface area contributed by atoms with Gasteiger partial charge in [0.25, 0.3) is 0 Å². The van der Waals surface area contributed by atoms with Crippen molar-refractivity contribution in [2.45, 2.75) is 32.5 Å². The van der Waals surface area contributed by atoms with Crippen molar-refractivity contribution in [1.82, 2.24) is 15.2 Å². The fourth-order valence-corrected chi connectivity index (χ4v) is 2.38. The van der Waals surface area contributed by atoms with Gasteiger partial charge in [-0.2, -0.15) is 5.10 Å². The van der Waals surface area contributed by atoms with Crippen LogP contribution in [0.2, 0.25) is 0 Å². The van der Waals surface area contributed by atoms with Gasteiger partial charge < -0.3 is 9.47 Å². The largest absolute Gasteiger partial charge is 0.383 e. The van der Waals surface area contributed by atoms with Crippen LogP contribution in [0.5, 0.6) is 0 Å². The first-order valence-electron chi connectivity index (χ1n) is 5.93. The minimum atomic E-state index is -0.126. The maximum absolute atomic E-state index is 5.64. The number of methoxy groups -OCH3 is 1. The first-order valence-corrected chi connectivity index (χ1v) is 6.72. The van der Waals surface area contributed by atoms with Crippen molar-refractivity contribution in [2.75, 3.05) is 20.3 Å². The van der Waals surface area contributed by atoms with Gasteiger partial charge in [-0.3, -0.25) is 10.5 Å². The average molecular weight is 321 g/mol. The van der Waals surface area contributed by atoms with Gasteiger partial charge in [-0.15, -0.1) is 0 Å². The Morgan fingerprint density at radius 2 is 2.33 bits per heavy atom. The van der Waals surface area contributed by atoms with E-state index in [-0.39, 0.29) is 12.1 Å². The van der Waals surface area contributed by atoms with Crippen LogP contribution in [0.15, 0.2) is 10.7 Å². The van der Waals surface area contributed by atoms with Crippen LogP contribution in [0.3, 0.4) is 0 Å². The predicted molar refractivity (Wildman–Crippen MR) is 73.0 cm³/mol. The van der Waals surface area contributed by atoms with Crippen LogP contribution in [0, 0.1) is 0 Å². The molecule has 0 saturated carbocycles. The first kappa shape index (κ1) is 15.6. The molecule has 0 radical (unpaired) electrons. The number of hydrogen-bond donors (Lipinski definition) is 2.